The van der Waals surface area contributed by atoms with Crippen LogP contribution >= 0.6 is 0 Å². The molecule has 0 bridgehead atoms. The molecular weight excluding hydrogens is 164 g/mol. The summed E-state index contributed by atoms with van der Waals surface area (Å²) >= 11 is 0. The number of ether oxygens (including phenoxy) is 2. The van der Waals surface area contributed by atoms with Crippen LogP contribution in [0.4, 0.5) is 0 Å². The Kier molecular flexibility index (Phi) is 8.46. The lowest BCUT2D eigenvalue weighted by atomic mass is 10.2. The normalized spacial score (nSPS) is 13.6. The van der Waals surface area contributed by atoms with Crippen LogP contribution in [-0.2, 0) is 9.47 Å². The topological polar surface area (TPSA) is 18.5 Å². The van der Waals surface area contributed by atoms with Gasteiger partial charge >= 0.3 is 0 Å². The number of rotatable bonds is 8. The summed E-state index contributed by atoms with van der Waals surface area (Å²) in [7, 11) is 0. The molecular formula is C11H24O2. The van der Waals surface area contributed by atoms with E-state index in [1.807, 2.05) is 20.8 Å². The quantitative estimate of drug-likeness (QED) is 0.429. The first-order valence-corrected chi connectivity index (χ1v) is 5.47. The Morgan fingerprint density at radius 2 is 1.77 bits per heavy atom. The molecule has 0 aliphatic carbocycles. The van der Waals surface area contributed by atoms with Crippen LogP contribution in [0.2, 0.25) is 0 Å². The monoisotopic (exact) mass is 188 g/mol. The molecule has 0 rings (SSSR count). The first kappa shape index (κ1) is 12.9. The summed E-state index contributed by atoms with van der Waals surface area (Å²) in [6.45, 7) is 9.05. The molecule has 0 fully saturated rings. The molecule has 0 saturated carbocycles. The number of hydrogen-bond acceptors (Lipinski definition) is 2. The van der Waals surface area contributed by atoms with Crippen LogP contribution in [0, 0.1) is 0 Å². The highest BCUT2D eigenvalue weighted by Gasteiger charge is 2.09. The van der Waals surface area contributed by atoms with Crippen molar-refractivity contribution in [2.24, 2.45) is 0 Å². The maximum atomic E-state index is 5.62. The van der Waals surface area contributed by atoms with Crippen LogP contribution in [0.25, 0.3) is 0 Å². The van der Waals surface area contributed by atoms with Gasteiger partial charge in [-0.25, -0.2) is 0 Å². The summed E-state index contributed by atoms with van der Waals surface area (Å²) < 4.78 is 11.1. The summed E-state index contributed by atoms with van der Waals surface area (Å²) in [5, 5.41) is 0. The Morgan fingerprint density at radius 3 is 2.23 bits per heavy atom. The lowest BCUT2D eigenvalue weighted by molar-refractivity contribution is -0.163. The van der Waals surface area contributed by atoms with E-state index in [1.54, 1.807) is 0 Å². The van der Waals surface area contributed by atoms with E-state index in [-0.39, 0.29) is 12.4 Å². The standard InChI is InChI=1S/C11H24O2/c1-5-7-8-9-11(12-6-2)13-10(3)4/h10-11H,5-9H2,1-4H3. The Balaban J connectivity index is 3.53. The van der Waals surface area contributed by atoms with Crippen LogP contribution in [0.3, 0.4) is 0 Å². The third kappa shape index (κ3) is 8.26. The van der Waals surface area contributed by atoms with Crippen LogP contribution in [-0.4, -0.2) is 19.0 Å². The molecule has 2 nitrogen and oxygen atoms in total. The predicted octanol–water partition coefficient (Wildman–Crippen LogP) is 3.35. The molecule has 0 aliphatic rings. The fourth-order valence-corrected chi connectivity index (χ4v) is 1.24. The van der Waals surface area contributed by atoms with Gasteiger partial charge in [-0.3, -0.25) is 0 Å². The van der Waals surface area contributed by atoms with Crippen molar-refractivity contribution in [1.82, 2.24) is 0 Å². The van der Waals surface area contributed by atoms with E-state index < -0.39 is 0 Å². The van der Waals surface area contributed by atoms with Crippen molar-refractivity contribution in [3.8, 4) is 0 Å². The average Bonchev–Trinajstić information content (AvgIpc) is 2.04. The van der Waals surface area contributed by atoms with Gasteiger partial charge in [-0.05, 0) is 33.6 Å². The number of unbranched alkanes of at least 4 members (excludes halogenated alkanes) is 2. The van der Waals surface area contributed by atoms with E-state index in [4.69, 9.17) is 9.47 Å². The fraction of sp³-hybridized carbons (Fsp3) is 1.00. The third-order valence-corrected chi connectivity index (χ3v) is 1.82. The van der Waals surface area contributed by atoms with Crippen molar-refractivity contribution >= 4 is 0 Å². The summed E-state index contributed by atoms with van der Waals surface area (Å²) in [5.41, 5.74) is 0. The van der Waals surface area contributed by atoms with E-state index in [0.29, 0.717) is 0 Å². The minimum Gasteiger partial charge on any atom is -0.353 e. The van der Waals surface area contributed by atoms with Gasteiger partial charge in [-0.1, -0.05) is 19.8 Å². The maximum Gasteiger partial charge on any atom is 0.157 e. The maximum absolute atomic E-state index is 5.62. The molecule has 0 heterocycles. The third-order valence-electron chi connectivity index (χ3n) is 1.82. The van der Waals surface area contributed by atoms with E-state index in [1.165, 1.54) is 19.3 Å². The van der Waals surface area contributed by atoms with Gasteiger partial charge in [0.1, 0.15) is 0 Å². The lowest BCUT2D eigenvalue weighted by Gasteiger charge is -2.19. The van der Waals surface area contributed by atoms with Crippen molar-refractivity contribution in [3.05, 3.63) is 0 Å². The molecule has 1 atom stereocenters. The van der Waals surface area contributed by atoms with E-state index in [2.05, 4.69) is 6.92 Å². The summed E-state index contributed by atoms with van der Waals surface area (Å²) in [6.07, 6.45) is 5.02. The summed E-state index contributed by atoms with van der Waals surface area (Å²) in [5.74, 6) is 0. The van der Waals surface area contributed by atoms with Gasteiger partial charge in [-0.15, -0.1) is 0 Å². The van der Waals surface area contributed by atoms with Crippen molar-refractivity contribution in [2.45, 2.75) is 65.8 Å². The average molecular weight is 188 g/mol. The summed E-state index contributed by atoms with van der Waals surface area (Å²) in [6, 6.07) is 0. The number of hydrogen-bond donors (Lipinski definition) is 0. The molecule has 80 valence electrons. The van der Waals surface area contributed by atoms with Crippen molar-refractivity contribution in [1.29, 1.82) is 0 Å². The second-order valence-corrected chi connectivity index (χ2v) is 3.57. The fourth-order valence-electron chi connectivity index (χ4n) is 1.24. The minimum absolute atomic E-state index is 0.0107. The van der Waals surface area contributed by atoms with Gasteiger partial charge < -0.3 is 9.47 Å². The van der Waals surface area contributed by atoms with Crippen LogP contribution in [0.15, 0.2) is 0 Å². The molecule has 0 saturated heterocycles. The first-order chi connectivity index (χ1) is 6.20. The zero-order valence-electron chi connectivity index (χ0n) is 9.51. The molecule has 0 aromatic carbocycles. The SMILES string of the molecule is CCCCCC(OCC)OC(C)C. The molecule has 2 heteroatoms. The van der Waals surface area contributed by atoms with Crippen molar-refractivity contribution < 1.29 is 9.47 Å². The molecule has 0 spiro atoms. The van der Waals surface area contributed by atoms with Crippen molar-refractivity contribution in [2.75, 3.05) is 6.61 Å². The van der Waals surface area contributed by atoms with Crippen LogP contribution < -0.4 is 0 Å². The van der Waals surface area contributed by atoms with Crippen LogP contribution in [0.5, 0.6) is 0 Å². The Labute approximate surface area is 82.6 Å². The first-order valence-electron chi connectivity index (χ1n) is 5.47. The molecule has 1 unspecified atom stereocenters. The molecule has 0 radical (unpaired) electrons. The highest BCUT2D eigenvalue weighted by molar-refractivity contribution is 4.49. The van der Waals surface area contributed by atoms with Gasteiger partial charge in [0.2, 0.25) is 0 Å². The molecule has 0 N–H and O–H groups in total. The summed E-state index contributed by atoms with van der Waals surface area (Å²) in [4.78, 5) is 0. The van der Waals surface area contributed by atoms with Gasteiger partial charge in [0.15, 0.2) is 6.29 Å². The lowest BCUT2D eigenvalue weighted by Crippen LogP contribution is -2.21. The zero-order chi connectivity index (χ0) is 10.1. The van der Waals surface area contributed by atoms with E-state index >= 15 is 0 Å². The predicted molar refractivity (Wildman–Crippen MR) is 55.8 cm³/mol. The Morgan fingerprint density at radius 1 is 1.08 bits per heavy atom. The highest BCUT2D eigenvalue weighted by atomic mass is 16.7. The van der Waals surface area contributed by atoms with E-state index in [0.717, 1.165) is 13.0 Å². The zero-order valence-corrected chi connectivity index (χ0v) is 9.51. The van der Waals surface area contributed by atoms with E-state index in [9.17, 15) is 0 Å². The Hall–Kier alpha value is -0.0800. The second kappa shape index (κ2) is 8.52. The molecule has 0 amide bonds. The van der Waals surface area contributed by atoms with Gasteiger partial charge in [0, 0.05) is 6.61 Å². The molecule has 0 aromatic heterocycles. The van der Waals surface area contributed by atoms with Gasteiger partial charge in [-0.2, -0.15) is 0 Å². The molecule has 13 heavy (non-hydrogen) atoms. The smallest absolute Gasteiger partial charge is 0.157 e. The highest BCUT2D eigenvalue weighted by Crippen LogP contribution is 2.10. The van der Waals surface area contributed by atoms with Crippen molar-refractivity contribution in [3.63, 3.8) is 0 Å². The van der Waals surface area contributed by atoms with Gasteiger partial charge in [0.25, 0.3) is 0 Å². The van der Waals surface area contributed by atoms with Crippen LogP contribution in [0.1, 0.15) is 53.4 Å². The Bertz CT molecular complexity index is 102. The van der Waals surface area contributed by atoms with Gasteiger partial charge in [0.05, 0.1) is 6.10 Å². The molecule has 0 aliphatic heterocycles. The minimum atomic E-state index is 0.0107. The largest absolute Gasteiger partial charge is 0.353 e. The molecule has 0 aromatic rings. The second-order valence-electron chi connectivity index (χ2n) is 3.57.